The number of sulfone groups is 1. The van der Waals surface area contributed by atoms with E-state index in [0.717, 1.165) is 11.8 Å². The van der Waals surface area contributed by atoms with Crippen LogP contribution in [-0.4, -0.2) is 49.5 Å². The fourth-order valence-electron chi connectivity index (χ4n) is 2.66. The van der Waals surface area contributed by atoms with Crippen molar-refractivity contribution < 1.29 is 23.0 Å². The molecule has 1 heterocycles. The van der Waals surface area contributed by atoms with Crippen molar-refractivity contribution in [1.29, 1.82) is 0 Å². The third-order valence-electron chi connectivity index (χ3n) is 4.37. The van der Waals surface area contributed by atoms with Crippen molar-refractivity contribution in [2.45, 2.75) is 44.0 Å². The summed E-state index contributed by atoms with van der Waals surface area (Å²) in [4.78, 5) is 8.35. The number of hydrogen-bond donors (Lipinski definition) is 3. The van der Waals surface area contributed by atoms with Crippen LogP contribution in [0, 0.1) is 0 Å². The van der Waals surface area contributed by atoms with Crippen LogP contribution in [0.25, 0.3) is 0 Å². The molecule has 0 aliphatic rings. The van der Waals surface area contributed by atoms with Crippen molar-refractivity contribution in [2.24, 2.45) is 0 Å². The lowest BCUT2D eigenvalue weighted by molar-refractivity contribution is 0.271. The average Bonchev–Trinajstić information content (AvgIpc) is 2.66. The lowest BCUT2D eigenvalue weighted by Crippen LogP contribution is -2.24. The Hall–Kier alpha value is -2.59. The van der Waals surface area contributed by atoms with E-state index in [1.165, 1.54) is 19.4 Å². The Kier molecular flexibility index (Phi) is 7.26. The molecule has 160 valence electrons. The van der Waals surface area contributed by atoms with E-state index >= 15 is 0 Å². The normalized spacial score (nSPS) is 12.7. The number of nitrogens with one attached hydrogen (secondary N) is 1. The number of rotatable bonds is 9. The lowest BCUT2D eigenvalue weighted by Gasteiger charge is -2.18. The van der Waals surface area contributed by atoms with Crippen LogP contribution in [0.15, 0.2) is 23.2 Å². The van der Waals surface area contributed by atoms with Crippen LogP contribution in [0.1, 0.15) is 38.7 Å². The standard InChI is InChI=1S/C19H28N4O5S/c1-6-12(10-24)22-19-21-9-16(18(20)23-19)28-14-8-17(29(5,25)26)15(27-4)7-13(14)11(2)3/h7-9,11-12,24H,6,10H2,1-5H3,(H3,20,21,22,23)/t12-/m1/s1. The van der Waals surface area contributed by atoms with Gasteiger partial charge in [-0.1, -0.05) is 20.8 Å². The molecule has 0 saturated heterocycles. The summed E-state index contributed by atoms with van der Waals surface area (Å²) in [7, 11) is -2.12. The van der Waals surface area contributed by atoms with Gasteiger partial charge in [0.1, 0.15) is 16.4 Å². The highest BCUT2D eigenvalue weighted by molar-refractivity contribution is 7.90. The summed E-state index contributed by atoms with van der Waals surface area (Å²) in [5.74, 6) is 1.17. The zero-order valence-electron chi connectivity index (χ0n) is 17.3. The molecule has 0 aliphatic carbocycles. The lowest BCUT2D eigenvalue weighted by atomic mass is 10.0. The van der Waals surface area contributed by atoms with Gasteiger partial charge in [-0.3, -0.25) is 0 Å². The number of ether oxygens (including phenoxy) is 2. The Bertz CT molecular complexity index is 959. The molecule has 0 radical (unpaired) electrons. The van der Waals surface area contributed by atoms with E-state index in [0.29, 0.717) is 12.2 Å². The minimum Gasteiger partial charge on any atom is -0.495 e. The Balaban J connectivity index is 2.45. The highest BCUT2D eigenvalue weighted by atomic mass is 32.2. The van der Waals surface area contributed by atoms with Gasteiger partial charge < -0.3 is 25.6 Å². The van der Waals surface area contributed by atoms with Crippen LogP contribution >= 0.6 is 0 Å². The molecule has 1 aromatic carbocycles. The van der Waals surface area contributed by atoms with Crippen molar-refractivity contribution in [3.63, 3.8) is 0 Å². The summed E-state index contributed by atoms with van der Waals surface area (Å²) in [6.45, 7) is 5.77. The summed E-state index contributed by atoms with van der Waals surface area (Å²) in [5, 5.41) is 12.3. The fraction of sp³-hybridized carbons (Fsp3) is 0.474. The number of nitrogens with two attached hydrogens (primary N) is 1. The third-order valence-corrected chi connectivity index (χ3v) is 5.48. The summed E-state index contributed by atoms with van der Waals surface area (Å²) in [5.41, 5.74) is 6.76. The highest BCUT2D eigenvalue weighted by Gasteiger charge is 2.21. The van der Waals surface area contributed by atoms with Gasteiger partial charge in [-0.05, 0) is 18.4 Å². The molecule has 0 spiro atoms. The molecule has 0 amide bonds. The molecule has 0 aliphatic heterocycles. The highest BCUT2D eigenvalue weighted by Crippen LogP contribution is 2.39. The zero-order valence-corrected chi connectivity index (χ0v) is 18.1. The second kappa shape index (κ2) is 9.27. The van der Waals surface area contributed by atoms with Crippen LogP contribution in [0.4, 0.5) is 11.8 Å². The van der Waals surface area contributed by atoms with Gasteiger partial charge in [-0.2, -0.15) is 4.98 Å². The number of aromatic nitrogens is 2. The largest absolute Gasteiger partial charge is 0.495 e. The van der Waals surface area contributed by atoms with Crippen LogP contribution in [-0.2, 0) is 9.84 Å². The molecule has 4 N–H and O–H groups in total. The second-order valence-corrected chi connectivity index (χ2v) is 8.93. The van der Waals surface area contributed by atoms with Gasteiger partial charge in [-0.15, -0.1) is 0 Å². The van der Waals surface area contributed by atoms with Gasteiger partial charge in [0.05, 0.1) is 26.0 Å². The summed E-state index contributed by atoms with van der Waals surface area (Å²) < 4.78 is 35.5. The van der Waals surface area contributed by atoms with Crippen LogP contribution < -0.4 is 20.5 Å². The predicted octanol–water partition coefficient (Wildman–Crippen LogP) is 2.57. The number of nitrogens with zero attached hydrogens (tertiary/aromatic N) is 2. The van der Waals surface area contributed by atoms with Crippen molar-refractivity contribution in [1.82, 2.24) is 9.97 Å². The van der Waals surface area contributed by atoms with Gasteiger partial charge in [-0.25, -0.2) is 13.4 Å². The Morgan fingerprint density at radius 1 is 1.24 bits per heavy atom. The molecule has 1 atom stereocenters. The van der Waals surface area contributed by atoms with Gasteiger partial charge in [0.15, 0.2) is 21.4 Å². The Labute approximate surface area is 171 Å². The number of nitrogen functional groups attached to an aromatic ring is 1. The minimum atomic E-state index is -3.54. The molecular weight excluding hydrogens is 396 g/mol. The minimum absolute atomic E-state index is 0.0194. The molecule has 10 heteroatoms. The third kappa shape index (κ3) is 5.48. The Morgan fingerprint density at radius 2 is 1.93 bits per heavy atom. The van der Waals surface area contributed by atoms with Crippen molar-refractivity contribution >= 4 is 21.6 Å². The van der Waals surface area contributed by atoms with E-state index < -0.39 is 9.84 Å². The SMILES string of the molecule is CC[C@H](CO)Nc1ncc(Oc2cc(S(C)(=O)=O)c(OC)cc2C(C)C)c(N)n1. The zero-order chi connectivity index (χ0) is 21.8. The molecule has 0 unspecified atom stereocenters. The second-order valence-electron chi connectivity index (χ2n) is 6.95. The first-order valence-corrected chi connectivity index (χ1v) is 11.1. The fourth-order valence-corrected chi connectivity index (χ4v) is 3.48. The number of hydrogen-bond acceptors (Lipinski definition) is 9. The number of benzene rings is 1. The number of aliphatic hydroxyl groups excluding tert-OH is 1. The number of methoxy groups -OCH3 is 1. The quantitative estimate of drug-likeness (QED) is 0.554. The van der Waals surface area contributed by atoms with Crippen molar-refractivity contribution in [3.05, 3.63) is 23.9 Å². The molecule has 2 rings (SSSR count). The monoisotopic (exact) mass is 424 g/mol. The van der Waals surface area contributed by atoms with Gasteiger partial charge in [0, 0.05) is 17.9 Å². The molecule has 0 saturated carbocycles. The van der Waals surface area contributed by atoms with Crippen LogP contribution in [0.5, 0.6) is 17.2 Å². The van der Waals surface area contributed by atoms with E-state index in [9.17, 15) is 13.5 Å². The average molecular weight is 425 g/mol. The number of aliphatic hydroxyl groups is 1. The molecule has 29 heavy (non-hydrogen) atoms. The van der Waals surface area contributed by atoms with E-state index in [1.807, 2.05) is 20.8 Å². The summed E-state index contributed by atoms with van der Waals surface area (Å²) in [6, 6.07) is 2.89. The van der Waals surface area contributed by atoms with Crippen molar-refractivity contribution in [2.75, 3.05) is 31.0 Å². The smallest absolute Gasteiger partial charge is 0.225 e. The molecule has 1 aromatic heterocycles. The Morgan fingerprint density at radius 3 is 2.41 bits per heavy atom. The maximum atomic E-state index is 12.2. The molecular formula is C19H28N4O5S. The molecule has 2 aromatic rings. The molecule has 9 nitrogen and oxygen atoms in total. The van der Waals surface area contributed by atoms with E-state index in [1.54, 1.807) is 6.07 Å². The summed E-state index contributed by atoms with van der Waals surface area (Å²) >= 11 is 0. The first-order chi connectivity index (χ1) is 13.6. The van der Waals surface area contributed by atoms with Crippen molar-refractivity contribution in [3.8, 4) is 17.2 Å². The molecule has 0 fully saturated rings. The van der Waals surface area contributed by atoms with Gasteiger partial charge in [0.2, 0.25) is 5.95 Å². The van der Waals surface area contributed by atoms with E-state index in [4.69, 9.17) is 15.2 Å². The topological polar surface area (TPSA) is 137 Å². The predicted molar refractivity (Wildman–Crippen MR) is 111 cm³/mol. The van der Waals surface area contributed by atoms with Gasteiger partial charge in [0.25, 0.3) is 0 Å². The first kappa shape index (κ1) is 22.7. The van der Waals surface area contributed by atoms with Crippen LogP contribution in [0.2, 0.25) is 0 Å². The first-order valence-electron chi connectivity index (χ1n) is 9.20. The van der Waals surface area contributed by atoms with E-state index in [2.05, 4.69) is 15.3 Å². The maximum Gasteiger partial charge on any atom is 0.225 e. The maximum absolute atomic E-state index is 12.2. The number of anilines is 2. The molecule has 0 bridgehead atoms. The van der Waals surface area contributed by atoms with E-state index in [-0.39, 0.29) is 46.7 Å². The van der Waals surface area contributed by atoms with Crippen LogP contribution in [0.3, 0.4) is 0 Å². The summed E-state index contributed by atoms with van der Waals surface area (Å²) in [6.07, 6.45) is 3.20. The van der Waals surface area contributed by atoms with Gasteiger partial charge >= 0.3 is 0 Å².